The van der Waals surface area contributed by atoms with Crippen LogP contribution in [0.15, 0.2) is 56.6 Å². The van der Waals surface area contributed by atoms with Gasteiger partial charge in [0.05, 0.1) is 10.4 Å². The molecule has 0 radical (unpaired) electrons. The molecule has 3 N–H and O–H groups in total. The van der Waals surface area contributed by atoms with Crippen molar-refractivity contribution < 1.29 is 17.6 Å². The van der Waals surface area contributed by atoms with E-state index in [1.165, 1.54) is 54.1 Å². The van der Waals surface area contributed by atoms with E-state index in [1.54, 1.807) is 0 Å². The molecule has 0 aliphatic rings. The van der Waals surface area contributed by atoms with Gasteiger partial charge < -0.3 is 10.2 Å². The third kappa shape index (κ3) is 2.76. The van der Waals surface area contributed by atoms with E-state index in [4.69, 9.17) is 10.2 Å². The SMILES string of the molecule is Cn1c(=O)oc2ccc(S(=O)(=O)Nc3ccc(C(N)=O)cc3)cc21. The zero-order chi connectivity index (χ0) is 17.5. The first-order valence-electron chi connectivity index (χ1n) is 6.80. The fourth-order valence-electron chi connectivity index (χ4n) is 2.19. The van der Waals surface area contributed by atoms with Crippen molar-refractivity contribution in [2.45, 2.75) is 4.90 Å². The van der Waals surface area contributed by atoms with Crippen LogP contribution in [0.1, 0.15) is 10.4 Å². The van der Waals surface area contributed by atoms with Crippen molar-refractivity contribution in [1.29, 1.82) is 0 Å². The van der Waals surface area contributed by atoms with Crippen LogP contribution in [0.4, 0.5) is 5.69 Å². The molecule has 9 heteroatoms. The Bertz CT molecular complexity index is 1090. The number of carbonyl (C=O) groups is 1. The van der Waals surface area contributed by atoms with E-state index in [9.17, 15) is 18.0 Å². The van der Waals surface area contributed by atoms with Crippen molar-refractivity contribution in [3.05, 3.63) is 58.6 Å². The first kappa shape index (κ1) is 15.8. The molecule has 3 rings (SSSR count). The summed E-state index contributed by atoms with van der Waals surface area (Å²) in [5.74, 6) is -1.18. The summed E-state index contributed by atoms with van der Waals surface area (Å²) in [5.41, 5.74) is 6.35. The summed E-state index contributed by atoms with van der Waals surface area (Å²) in [6, 6.07) is 9.81. The lowest BCUT2D eigenvalue weighted by molar-refractivity contribution is 0.100. The third-order valence-electron chi connectivity index (χ3n) is 3.49. The van der Waals surface area contributed by atoms with Crippen LogP contribution in [-0.2, 0) is 17.1 Å². The molecule has 0 fully saturated rings. The van der Waals surface area contributed by atoms with E-state index in [0.717, 1.165) is 0 Å². The third-order valence-corrected chi connectivity index (χ3v) is 4.87. The summed E-state index contributed by atoms with van der Waals surface area (Å²) < 4.78 is 33.5. The normalized spacial score (nSPS) is 11.5. The van der Waals surface area contributed by atoms with E-state index >= 15 is 0 Å². The number of aryl methyl sites for hydroxylation is 1. The van der Waals surface area contributed by atoms with Crippen molar-refractivity contribution in [3.8, 4) is 0 Å². The Morgan fingerprint density at radius 3 is 2.46 bits per heavy atom. The average Bonchev–Trinajstić information content (AvgIpc) is 2.82. The van der Waals surface area contributed by atoms with Crippen molar-refractivity contribution in [2.75, 3.05) is 4.72 Å². The zero-order valence-electron chi connectivity index (χ0n) is 12.5. The van der Waals surface area contributed by atoms with E-state index in [0.29, 0.717) is 11.1 Å². The molecule has 3 aromatic rings. The number of hydrogen-bond acceptors (Lipinski definition) is 5. The summed E-state index contributed by atoms with van der Waals surface area (Å²) in [4.78, 5) is 22.5. The van der Waals surface area contributed by atoms with Gasteiger partial charge in [-0.15, -0.1) is 0 Å². The van der Waals surface area contributed by atoms with Crippen LogP contribution in [0.2, 0.25) is 0 Å². The van der Waals surface area contributed by atoms with Gasteiger partial charge in [-0.1, -0.05) is 0 Å². The van der Waals surface area contributed by atoms with Crippen molar-refractivity contribution >= 4 is 32.7 Å². The lowest BCUT2D eigenvalue weighted by Crippen LogP contribution is -2.14. The predicted molar refractivity (Wildman–Crippen MR) is 87.2 cm³/mol. The molecule has 0 aliphatic carbocycles. The lowest BCUT2D eigenvalue weighted by Gasteiger charge is -2.08. The van der Waals surface area contributed by atoms with Gasteiger partial charge in [-0.3, -0.25) is 14.1 Å². The number of primary amides is 1. The maximum absolute atomic E-state index is 12.5. The second-order valence-corrected chi connectivity index (χ2v) is 6.79. The smallest absolute Gasteiger partial charge is 0.408 e. The average molecular weight is 347 g/mol. The van der Waals surface area contributed by atoms with Crippen LogP contribution in [0.5, 0.6) is 0 Å². The van der Waals surface area contributed by atoms with Crippen LogP contribution in [0.3, 0.4) is 0 Å². The molecule has 0 atom stereocenters. The zero-order valence-corrected chi connectivity index (χ0v) is 13.3. The minimum absolute atomic E-state index is 0.0228. The van der Waals surface area contributed by atoms with E-state index in [1.807, 2.05) is 0 Å². The Balaban J connectivity index is 1.96. The largest absolute Gasteiger partial charge is 0.419 e. The second-order valence-electron chi connectivity index (χ2n) is 5.10. The number of carbonyl (C=O) groups excluding carboxylic acids is 1. The number of amides is 1. The van der Waals surface area contributed by atoms with Gasteiger partial charge in [-0.25, -0.2) is 13.2 Å². The first-order chi connectivity index (χ1) is 11.3. The Labute approximate surface area is 136 Å². The molecule has 1 aromatic heterocycles. The van der Waals surface area contributed by atoms with Gasteiger partial charge in [0, 0.05) is 18.3 Å². The van der Waals surface area contributed by atoms with Crippen LogP contribution in [0.25, 0.3) is 11.1 Å². The van der Waals surface area contributed by atoms with E-state index < -0.39 is 21.7 Å². The topological polar surface area (TPSA) is 124 Å². The fraction of sp³-hybridized carbons (Fsp3) is 0.0667. The number of anilines is 1. The van der Waals surface area contributed by atoms with Crippen LogP contribution >= 0.6 is 0 Å². The molecular weight excluding hydrogens is 334 g/mol. The minimum Gasteiger partial charge on any atom is -0.408 e. The summed E-state index contributed by atoms with van der Waals surface area (Å²) in [5, 5.41) is 0. The van der Waals surface area contributed by atoms with E-state index in [2.05, 4.69) is 4.72 Å². The number of nitrogens with two attached hydrogens (primary N) is 1. The van der Waals surface area contributed by atoms with Gasteiger partial charge in [0.1, 0.15) is 0 Å². The number of sulfonamides is 1. The molecule has 0 unspecified atom stereocenters. The molecular formula is C15H13N3O5S. The highest BCUT2D eigenvalue weighted by Crippen LogP contribution is 2.21. The molecule has 0 saturated carbocycles. The number of hydrogen-bond donors (Lipinski definition) is 2. The van der Waals surface area contributed by atoms with Gasteiger partial charge in [0.25, 0.3) is 10.0 Å². The van der Waals surface area contributed by atoms with Gasteiger partial charge in [-0.2, -0.15) is 0 Å². The molecule has 0 bridgehead atoms. The summed E-state index contributed by atoms with van der Waals surface area (Å²) >= 11 is 0. The quantitative estimate of drug-likeness (QED) is 0.729. The predicted octanol–water partition coefficient (Wildman–Crippen LogP) is 1.03. The number of nitrogens with zero attached hydrogens (tertiary/aromatic N) is 1. The highest BCUT2D eigenvalue weighted by Gasteiger charge is 2.17. The number of oxazole rings is 1. The number of aromatic nitrogens is 1. The second kappa shape index (κ2) is 5.53. The molecule has 124 valence electrons. The van der Waals surface area contributed by atoms with Gasteiger partial charge in [0.2, 0.25) is 5.91 Å². The maximum atomic E-state index is 12.5. The van der Waals surface area contributed by atoms with Crippen LogP contribution < -0.4 is 16.2 Å². The lowest BCUT2D eigenvalue weighted by atomic mass is 10.2. The fourth-order valence-corrected chi connectivity index (χ4v) is 3.27. The molecule has 2 aromatic carbocycles. The first-order valence-corrected chi connectivity index (χ1v) is 8.28. The number of rotatable bonds is 4. The molecule has 0 saturated heterocycles. The van der Waals surface area contributed by atoms with Gasteiger partial charge in [0.15, 0.2) is 5.58 Å². The Morgan fingerprint density at radius 2 is 1.83 bits per heavy atom. The molecule has 24 heavy (non-hydrogen) atoms. The molecule has 8 nitrogen and oxygen atoms in total. The van der Waals surface area contributed by atoms with Crippen LogP contribution in [-0.4, -0.2) is 18.9 Å². The summed E-state index contributed by atoms with van der Waals surface area (Å²) in [6.07, 6.45) is 0. The minimum atomic E-state index is -3.87. The van der Waals surface area contributed by atoms with Crippen LogP contribution in [0, 0.1) is 0 Å². The highest BCUT2D eigenvalue weighted by atomic mass is 32.2. The Hall–Kier alpha value is -3.07. The summed E-state index contributed by atoms with van der Waals surface area (Å²) in [7, 11) is -2.38. The van der Waals surface area contributed by atoms with Gasteiger partial charge in [-0.05, 0) is 42.5 Å². The van der Waals surface area contributed by atoms with Crippen molar-refractivity contribution in [3.63, 3.8) is 0 Å². The van der Waals surface area contributed by atoms with Gasteiger partial charge >= 0.3 is 5.76 Å². The van der Waals surface area contributed by atoms with Crippen molar-refractivity contribution in [1.82, 2.24) is 4.57 Å². The molecule has 1 heterocycles. The Kier molecular flexibility index (Phi) is 3.64. The standard InChI is InChI=1S/C15H13N3O5S/c1-18-12-8-11(6-7-13(12)23-15(18)20)24(21,22)17-10-4-2-9(3-5-10)14(16)19/h2-8,17H,1H3,(H2,16,19). The highest BCUT2D eigenvalue weighted by molar-refractivity contribution is 7.92. The number of fused-ring (bicyclic) bond motifs is 1. The number of nitrogens with one attached hydrogen (secondary N) is 1. The Morgan fingerprint density at radius 1 is 1.17 bits per heavy atom. The monoisotopic (exact) mass is 347 g/mol. The van der Waals surface area contributed by atoms with Crippen molar-refractivity contribution in [2.24, 2.45) is 12.8 Å². The number of benzene rings is 2. The molecule has 0 aliphatic heterocycles. The maximum Gasteiger partial charge on any atom is 0.419 e. The van der Waals surface area contributed by atoms with E-state index in [-0.39, 0.29) is 16.1 Å². The molecule has 1 amide bonds. The molecule has 0 spiro atoms. The summed E-state index contributed by atoms with van der Waals surface area (Å²) in [6.45, 7) is 0.